The second-order valence-corrected chi connectivity index (χ2v) is 7.64. The fourth-order valence-electron chi connectivity index (χ4n) is 2.75. The molecule has 7 nitrogen and oxygen atoms in total. The average Bonchev–Trinajstić information content (AvgIpc) is 2.79. The average molecular weight is 326 g/mol. The lowest BCUT2D eigenvalue weighted by Crippen LogP contribution is -2.41. The molecule has 22 heavy (non-hydrogen) atoms. The molecular weight excluding hydrogens is 308 g/mol. The Labute approximate surface area is 129 Å². The first kappa shape index (κ1) is 16.4. The molecule has 0 radical (unpaired) electrons. The topological polar surface area (TPSA) is 97.6 Å². The Morgan fingerprint density at radius 1 is 1.45 bits per heavy atom. The zero-order valence-corrected chi connectivity index (χ0v) is 13.3. The van der Waals surface area contributed by atoms with Gasteiger partial charge in [0.2, 0.25) is 0 Å². The number of carbonyl (C=O) groups excluding carboxylic acids is 1. The summed E-state index contributed by atoms with van der Waals surface area (Å²) >= 11 is 0. The van der Waals surface area contributed by atoms with E-state index in [0.29, 0.717) is 24.1 Å². The number of nitro groups is 1. The predicted octanol–water partition coefficient (Wildman–Crippen LogP) is 1.55. The molecule has 0 saturated carbocycles. The molecule has 2 rings (SSSR count). The number of amides is 1. The third-order valence-electron chi connectivity index (χ3n) is 3.89. The summed E-state index contributed by atoms with van der Waals surface area (Å²) in [6.45, 7) is 3.77. The maximum absolute atomic E-state index is 12.6. The van der Waals surface area contributed by atoms with Crippen molar-refractivity contribution in [2.45, 2.75) is 26.3 Å². The van der Waals surface area contributed by atoms with Gasteiger partial charge in [-0.2, -0.15) is 0 Å². The second-order valence-electron chi connectivity index (χ2n) is 5.41. The monoisotopic (exact) mass is 326 g/mol. The maximum Gasteiger partial charge on any atom is 0.272 e. The van der Waals surface area contributed by atoms with Crippen molar-refractivity contribution in [2.75, 3.05) is 18.1 Å². The summed E-state index contributed by atoms with van der Waals surface area (Å²) < 4.78 is 23.2. The van der Waals surface area contributed by atoms with E-state index in [1.165, 1.54) is 23.1 Å². The van der Waals surface area contributed by atoms with Gasteiger partial charge in [0.05, 0.1) is 16.4 Å². The third kappa shape index (κ3) is 3.27. The van der Waals surface area contributed by atoms with Crippen LogP contribution in [0, 0.1) is 17.0 Å². The van der Waals surface area contributed by atoms with Crippen molar-refractivity contribution in [3.63, 3.8) is 0 Å². The van der Waals surface area contributed by atoms with Crippen LogP contribution in [0.3, 0.4) is 0 Å². The van der Waals surface area contributed by atoms with Gasteiger partial charge in [0.15, 0.2) is 9.84 Å². The second kappa shape index (κ2) is 6.04. The largest absolute Gasteiger partial charge is 0.335 e. The summed E-state index contributed by atoms with van der Waals surface area (Å²) in [6, 6.07) is 3.88. The fourth-order valence-corrected chi connectivity index (χ4v) is 4.48. The molecule has 1 aliphatic rings. The van der Waals surface area contributed by atoms with Crippen molar-refractivity contribution >= 4 is 21.4 Å². The molecule has 0 bridgehead atoms. The molecule has 0 spiro atoms. The van der Waals surface area contributed by atoms with Gasteiger partial charge in [-0.05, 0) is 32.4 Å². The van der Waals surface area contributed by atoms with Gasteiger partial charge in [0.1, 0.15) is 0 Å². The molecule has 0 N–H and O–H groups in total. The van der Waals surface area contributed by atoms with Crippen molar-refractivity contribution in [3.8, 4) is 0 Å². The van der Waals surface area contributed by atoms with E-state index < -0.39 is 14.8 Å². The number of aryl methyl sites for hydroxylation is 1. The van der Waals surface area contributed by atoms with Gasteiger partial charge in [0, 0.05) is 29.8 Å². The first-order chi connectivity index (χ1) is 10.2. The minimum absolute atomic E-state index is 0.0153. The van der Waals surface area contributed by atoms with Crippen LogP contribution in [0.25, 0.3) is 0 Å². The number of hydrogen-bond donors (Lipinski definition) is 0. The molecule has 1 fully saturated rings. The Bertz CT molecular complexity index is 714. The van der Waals surface area contributed by atoms with Gasteiger partial charge >= 0.3 is 0 Å². The third-order valence-corrected chi connectivity index (χ3v) is 5.64. The number of sulfone groups is 1. The number of nitro benzene ring substituents is 1. The summed E-state index contributed by atoms with van der Waals surface area (Å²) in [7, 11) is -3.08. The smallest absolute Gasteiger partial charge is 0.272 e. The van der Waals surface area contributed by atoms with Crippen molar-refractivity contribution < 1.29 is 18.1 Å². The van der Waals surface area contributed by atoms with E-state index in [0.717, 1.165) is 0 Å². The van der Waals surface area contributed by atoms with Crippen LogP contribution in [-0.4, -0.2) is 48.2 Å². The van der Waals surface area contributed by atoms with Crippen LogP contribution < -0.4 is 0 Å². The lowest BCUT2D eigenvalue weighted by atomic mass is 10.1. The molecule has 8 heteroatoms. The highest BCUT2D eigenvalue weighted by Crippen LogP contribution is 2.23. The first-order valence-corrected chi connectivity index (χ1v) is 8.83. The summed E-state index contributed by atoms with van der Waals surface area (Å²) in [5.74, 6) is -0.207. The molecule has 1 aromatic rings. The van der Waals surface area contributed by atoms with Gasteiger partial charge < -0.3 is 4.90 Å². The van der Waals surface area contributed by atoms with Crippen molar-refractivity contribution in [3.05, 3.63) is 39.4 Å². The van der Waals surface area contributed by atoms with Crippen LogP contribution in [0.2, 0.25) is 0 Å². The molecule has 1 saturated heterocycles. The lowest BCUT2D eigenvalue weighted by molar-refractivity contribution is -0.385. The van der Waals surface area contributed by atoms with E-state index in [1.54, 1.807) is 13.8 Å². The zero-order chi connectivity index (χ0) is 16.5. The molecule has 1 aliphatic heterocycles. The number of nitrogens with zero attached hydrogens (tertiary/aromatic N) is 2. The minimum Gasteiger partial charge on any atom is -0.335 e. The normalized spacial score (nSPS) is 19.8. The number of rotatable bonds is 4. The van der Waals surface area contributed by atoms with Gasteiger partial charge in [0.25, 0.3) is 11.6 Å². The Kier molecular flexibility index (Phi) is 4.50. The van der Waals surface area contributed by atoms with E-state index >= 15 is 0 Å². The summed E-state index contributed by atoms with van der Waals surface area (Å²) in [5, 5.41) is 10.8. The van der Waals surface area contributed by atoms with E-state index in [4.69, 9.17) is 0 Å². The molecule has 1 atom stereocenters. The van der Waals surface area contributed by atoms with Crippen LogP contribution >= 0.6 is 0 Å². The molecule has 0 unspecified atom stereocenters. The van der Waals surface area contributed by atoms with E-state index in [9.17, 15) is 23.3 Å². The van der Waals surface area contributed by atoms with Gasteiger partial charge in [-0.3, -0.25) is 14.9 Å². The SMILES string of the molecule is CCN(C(=O)c1ccc([N+](=O)[O-])c(C)c1)[C@@H]1CCS(=O)(=O)C1. The van der Waals surface area contributed by atoms with Gasteiger partial charge in [-0.15, -0.1) is 0 Å². The minimum atomic E-state index is -3.08. The predicted molar refractivity (Wildman–Crippen MR) is 81.6 cm³/mol. The number of hydrogen-bond acceptors (Lipinski definition) is 5. The van der Waals surface area contributed by atoms with Gasteiger partial charge in [-0.1, -0.05) is 0 Å². The van der Waals surface area contributed by atoms with Crippen LogP contribution in [0.5, 0.6) is 0 Å². The van der Waals surface area contributed by atoms with Crippen molar-refractivity contribution in [1.29, 1.82) is 0 Å². The number of carbonyl (C=O) groups is 1. The maximum atomic E-state index is 12.6. The Morgan fingerprint density at radius 3 is 2.59 bits per heavy atom. The molecule has 1 heterocycles. The molecule has 120 valence electrons. The summed E-state index contributed by atoms with van der Waals surface area (Å²) in [6.07, 6.45) is 0.438. The quantitative estimate of drug-likeness (QED) is 0.617. The highest BCUT2D eigenvalue weighted by atomic mass is 32.2. The van der Waals surface area contributed by atoms with Crippen LogP contribution in [0.4, 0.5) is 5.69 Å². The van der Waals surface area contributed by atoms with Crippen LogP contribution in [0.15, 0.2) is 18.2 Å². The summed E-state index contributed by atoms with van der Waals surface area (Å²) in [5.41, 5.74) is 0.711. The Hall–Kier alpha value is -1.96. The lowest BCUT2D eigenvalue weighted by Gasteiger charge is -2.27. The molecular formula is C14H18N2O5S. The highest BCUT2D eigenvalue weighted by Gasteiger charge is 2.34. The summed E-state index contributed by atoms with van der Waals surface area (Å²) in [4.78, 5) is 24.4. The zero-order valence-electron chi connectivity index (χ0n) is 12.5. The van der Waals surface area contributed by atoms with Crippen molar-refractivity contribution in [1.82, 2.24) is 4.90 Å². The molecule has 1 amide bonds. The van der Waals surface area contributed by atoms with Gasteiger partial charge in [-0.25, -0.2) is 8.42 Å². The molecule has 0 aromatic heterocycles. The standard InChI is InChI=1S/C14H18N2O5S/c1-3-15(12-6-7-22(20,21)9-12)14(17)11-4-5-13(16(18)19)10(2)8-11/h4-5,8,12H,3,6-7,9H2,1-2H3/t12-/m1/s1. The molecule has 0 aliphatic carbocycles. The highest BCUT2D eigenvalue weighted by molar-refractivity contribution is 7.91. The van der Waals surface area contributed by atoms with E-state index in [2.05, 4.69) is 0 Å². The first-order valence-electron chi connectivity index (χ1n) is 7.01. The van der Waals surface area contributed by atoms with Crippen LogP contribution in [-0.2, 0) is 9.84 Å². The van der Waals surface area contributed by atoms with Crippen molar-refractivity contribution in [2.24, 2.45) is 0 Å². The number of benzene rings is 1. The fraction of sp³-hybridized carbons (Fsp3) is 0.500. The molecule has 1 aromatic carbocycles. The Balaban J connectivity index is 2.26. The Morgan fingerprint density at radius 2 is 2.14 bits per heavy atom. The van der Waals surface area contributed by atoms with Crippen LogP contribution in [0.1, 0.15) is 29.3 Å². The van der Waals surface area contributed by atoms with E-state index in [1.807, 2.05) is 0 Å². The van der Waals surface area contributed by atoms with E-state index in [-0.39, 0.29) is 29.1 Å².